The van der Waals surface area contributed by atoms with Gasteiger partial charge in [-0.2, -0.15) is 0 Å². The van der Waals surface area contributed by atoms with Gasteiger partial charge in [-0.25, -0.2) is 0 Å². The summed E-state index contributed by atoms with van der Waals surface area (Å²) in [5, 5.41) is 6.88. The van der Waals surface area contributed by atoms with E-state index in [4.69, 9.17) is 16.3 Å². The zero-order valence-corrected chi connectivity index (χ0v) is 17.9. The first-order valence-electron chi connectivity index (χ1n) is 8.86. The van der Waals surface area contributed by atoms with Gasteiger partial charge in [0.05, 0.1) is 25.8 Å². The van der Waals surface area contributed by atoms with E-state index in [1.54, 1.807) is 0 Å². The molecule has 8 heteroatoms. The number of rotatable bonds is 7. The molecule has 1 saturated heterocycles. The van der Waals surface area contributed by atoms with Crippen LogP contribution in [0.1, 0.15) is 11.6 Å². The first-order chi connectivity index (χ1) is 12.7. The highest BCUT2D eigenvalue weighted by Crippen LogP contribution is 2.27. The van der Waals surface area contributed by atoms with Gasteiger partial charge in [0.2, 0.25) is 5.91 Å². The number of nitrogens with one attached hydrogen (secondary N) is 2. The van der Waals surface area contributed by atoms with Crippen molar-refractivity contribution < 1.29 is 9.53 Å². The van der Waals surface area contributed by atoms with Crippen molar-refractivity contribution in [1.29, 1.82) is 0 Å². The van der Waals surface area contributed by atoms with Gasteiger partial charge in [-0.3, -0.25) is 9.69 Å². The third kappa shape index (κ3) is 7.15. The lowest BCUT2D eigenvalue weighted by Crippen LogP contribution is -2.44. The van der Waals surface area contributed by atoms with Crippen molar-refractivity contribution in [3.05, 3.63) is 65.2 Å². The fraction of sp³-hybridized carbons (Fsp3) is 0.350. The molecule has 1 aliphatic rings. The number of morpholine rings is 1. The second-order valence-electron chi connectivity index (χ2n) is 6.21. The average molecular weight is 447 g/mol. The van der Waals surface area contributed by atoms with Crippen LogP contribution in [0.15, 0.2) is 54.6 Å². The van der Waals surface area contributed by atoms with Gasteiger partial charge in [-0.1, -0.05) is 48.0 Å². The summed E-state index contributed by atoms with van der Waals surface area (Å²) in [4.78, 5) is 14.6. The fourth-order valence-corrected chi connectivity index (χ4v) is 3.34. The zero-order valence-electron chi connectivity index (χ0n) is 15.5. The van der Waals surface area contributed by atoms with Crippen LogP contribution in [0.25, 0.3) is 0 Å². The standard InChI is InChI=1S/C20H24ClN3O2.2ClH/c21-18-9-5-4-8-17(18)19(24-10-12-26-13-11-24)14-23-20(25)15-22-16-6-2-1-3-7-16;;/h1-9,19,22H,10-15H2,(H,23,25);2*1H. The molecule has 5 nitrogen and oxygen atoms in total. The van der Waals surface area contributed by atoms with E-state index >= 15 is 0 Å². The van der Waals surface area contributed by atoms with E-state index in [2.05, 4.69) is 15.5 Å². The molecule has 0 bridgehead atoms. The average Bonchev–Trinajstić information content (AvgIpc) is 2.69. The largest absolute Gasteiger partial charge is 0.379 e. The molecule has 28 heavy (non-hydrogen) atoms. The number of benzene rings is 2. The maximum absolute atomic E-state index is 12.3. The van der Waals surface area contributed by atoms with E-state index in [1.807, 2.05) is 54.6 Å². The SMILES string of the molecule is Cl.Cl.O=C(CNc1ccccc1)NCC(c1ccccc1Cl)N1CCOCC1. The van der Waals surface area contributed by atoms with Gasteiger partial charge in [0.25, 0.3) is 0 Å². The number of amides is 1. The molecule has 1 heterocycles. The Morgan fingerprint density at radius 1 is 1.04 bits per heavy atom. The number of hydrogen-bond acceptors (Lipinski definition) is 4. The monoisotopic (exact) mass is 445 g/mol. The van der Waals surface area contributed by atoms with Gasteiger partial charge in [-0.15, -0.1) is 24.8 Å². The van der Waals surface area contributed by atoms with Gasteiger partial charge >= 0.3 is 0 Å². The van der Waals surface area contributed by atoms with Crippen LogP contribution in [-0.2, 0) is 9.53 Å². The molecular formula is C20H26Cl3N3O2. The normalized spacial score (nSPS) is 14.9. The molecular weight excluding hydrogens is 421 g/mol. The summed E-state index contributed by atoms with van der Waals surface area (Å²) >= 11 is 6.41. The first kappa shape index (κ1) is 24.5. The fourth-order valence-electron chi connectivity index (χ4n) is 3.08. The quantitative estimate of drug-likeness (QED) is 0.679. The highest BCUT2D eigenvalue weighted by Gasteiger charge is 2.24. The summed E-state index contributed by atoms with van der Waals surface area (Å²) in [7, 11) is 0. The van der Waals surface area contributed by atoms with E-state index in [1.165, 1.54) is 0 Å². The maximum atomic E-state index is 12.3. The number of anilines is 1. The molecule has 2 aromatic carbocycles. The number of halogens is 3. The molecule has 1 amide bonds. The highest BCUT2D eigenvalue weighted by atomic mass is 35.5. The van der Waals surface area contributed by atoms with Gasteiger partial charge in [0, 0.05) is 30.3 Å². The van der Waals surface area contributed by atoms with Crippen molar-refractivity contribution in [2.24, 2.45) is 0 Å². The molecule has 0 aliphatic carbocycles. The molecule has 1 aliphatic heterocycles. The Labute approximate surface area is 183 Å². The molecule has 0 saturated carbocycles. The Hall–Kier alpha value is -1.50. The number of nitrogens with zero attached hydrogens (tertiary/aromatic N) is 1. The number of ether oxygens (including phenoxy) is 1. The lowest BCUT2D eigenvalue weighted by Gasteiger charge is -2.35. The van der Waals surface area contributed by atoms with Crippen molar-refractivity contribution in [1.82, 2.24) is 10.2 Å². The molecule has 0 radical (unpaired) electrons. The van der Waals surface area contributed by atoms with Crippen LogP contribution in [0.4, 0.5) is 5.69 Å². The lowest BCUT2D eigenvalue weighted by atomic mass is 10.0. The van der Waals surface area contributed by atoms with E-state index in [0.29, 0.717) is 19.8 Å². The van der Waals surface area contributed by atoms with Crippen molar-refractivity contribution >= 4 is 48.0 Å². The van der Waals surface area contributed by atoms with Crippen molar-refractivity contribution in [2.45, 2.75) is 6.04 Å². The van der Waals surface area contributed by atoms with Gasteiger partial charge in [-0.05, 0) is 23.8 Å². The minimum Gasteiger partial charge on any atom is -0.379 e. The summed E-state index contributed by atoms with van der Waals surface area (Å²) < 4.78 is 5.46. The van der Waals surface area contributed by atoms with E-state index in [9.17, 15) is 4.79 Å². The molecule has 1 fully saturated rings. The summed E-state index contributed by atoms with van der Waals surface area (Å²) in [6.45, 7) is 3.80. The molecule has 1 atom stereocenters. The van der Waals surface area contributed by atoms with Gasteiger partial charge < -0.3 is 15.4 Å². The summed E-state index contributed by atoms with van der Waals surface area (Å²) in [5.74, 6) is -0.0424. The second kappa shape index (κ2) is 12.9. The van der Waals surface area contributed by atoms with Crippen LogP contribution in [-0.4, -0.2) is 50.2 Å². The summed E-state index contributed by atoms with van der Waals surface area (Å²) in [5.41, 5.74) is 1.96. The molecule has 2 N–H and O–H groups in total. The minimum atomic E-state index is -0.0424. The van der Waals surface area contributed by atoms with Crippen molar-refractivity contribution in [2.75, 3.05) is 44.7 Å². The number of carbonyl (C=O) groups is 1. The van der Waals surface area contributed by atoms with E-state index < -0.39 is 0 Å². The minimum absolute atomic E-state index is 0. The third-order valence-corrected chi connectivity index (χ3v) is 4.81. The smallest absolute Gasteiger partial charge is 0.239 e. The predicted molar refractivity (Wildman–Crippen MR) is 119 cm³/mol. The number of para-hydroxylation sites is 1. The van der Waals surface area contributed by atoms with Crippen LogP contribution in [0.2, 0.25) is 5.02 Å². The summed E-state index contributed by atoms with van der Waals surface area (Å²) in [6.07, 6.45) is 0. The molecule has 154 valence electrons. The topological polar surface area (TPSA) is 53.6 Å². The number of carbonyl (C=O) groups excluding carboxylic acids is 1. The lowest BCUT2D eigenvalue weighted by molar-refractivity contribution is -0.119. The van der Waals surface area contributed by atoms with E-state index in [-0.39, 0.29) is 43.3 Å². The highest BCUT2D eigenvalue weighted by molar-refractivity contribution is 6.31. The second-order valence-corrected chi connectivity index (χ2v) is 6.62. The van der Waals surface area contributed by atoms with Crippen LogP contribution in [0.3, 0.4) is 0 Å². The maximum Gasteiger partial charge on any atom is 0.239 e. The Balaban J connectivity index is 0.00000196. The molecule has 1 unspecified atom stereocenters. The van der Waals surface area contributed by atoms with Crippen LogP contribution >= 0.6 is 36.4 Å². The molecule has 3 rings (SSSR count). The van der Waals surface area contributed by atoms with Crippen LogP contribution < -0.4 is 10.6 Å². The molecule has 2 aromatic rings. The van der Waals surface area contributed by atoms with Crippen LogP contribution in [0, 0.1) is 0 Å². The Bertz CT molecular complexity index is 713. The summed E-state index contributed by atoms with van der Waals surface area (Å²) in [6, 6.07) is 17.5. The predicted octanol–water partition coefficient (Wildman–Crippen LogP) is 3.79. The Morgan fingerprint density at radius 3 is 2.36 bits per heavy atom. The van der Waals surface area contributed by atoms with Crippen LogP contribution in [0.5, 0.6) is 0 Å². The van der Waals surface area contributed by atoms with Crippen molar-refractivity contribution in [3.8, 4) is 0 Å². The first-order valence-corrected chi connectivity index (χ1v) is 9.23. The molecule has 0 spiro atoms. The Kier molecular flexibility index (Phi) is 11.3. The van der Waals surface area contributed by atoms with Crippen molar-refractivity contribution in [3.63, 3.8) is 0 Å². The third-order valence-electron chi connectivity index (χ3n) is 4.47. The zero-order chi connectivity index (χ0) is 18.2. The number of hydrogen-bond donors (Lipinski definition) is 2. The van der Waals surface area contributed by atoms with Gasteiger partial charge in [0.1, 0.15) is 0 Å². The van der Waals surface area contributed by atoms with E-state index in [0.717, 1.165) is 29.4 Å². The molecule has 0 aromatic heterocycles. The van der Waals surface area contributed by atoms with Gasteiger partial charge in [0.15, 0.2) is 0 Å². The Morgan fingerprint density at radius 2 is 1.68 bits per heavy atom.